The molecule has 0 saturated carbocycles. The minimum Gasteiger partial charge on any atom is -0.313 e. The molecular weight excluding hydrogens is 162 g/mol. The quantitative estimate of drug-likeness (QED) is 0.625. The molecule has 3 nitrogen and oxygen atoms in total. The maximum absolute atomic E-state index is 3.50. The highest BCUT2D eigenvalue weighted by atomic mass is 15.1. The van der Waals surface area contributed by atoms with Crippen molar-refractivity contribution in [1.29, 1.82) is 0 Å². The maximum atomic E-state index is 3.50. The molecule has 0 rings (SSSR count). The van der Waals surface area contributed by atoms with Crippen LogP contribution in [0.25, 0.3) is 0 Å². The van der Waals surface area contributed by atoms with E-state index in [-0.39, 0.29) is 0 Å². The van der Waals surface area contributed by atoms with Gasteiger partial charge in [-0.1, -0.05) is 0 Å². The molecule has 0 aliphatic carbocycles. The van der Waals surface area contributed by atoms with E-state index in [9.17, 15) is 0 Å². The Labute approximate surface area is 83.1 Å². The van der Waals surface area contributed by atoms with Gasteiger partial charge in [0.1, 0.15) is 0 Å². The Morgan fingerprint density at radius 2 is 1.54 bits per heavy atom. The Morgan fingerprint density at radius 1 is 1.00 bits per heavy atom. The number of nitrogens with zero attached hydrogens (tertiary/aromatic N) is 2. The summed E-state index contributed by atoms with van der Waals surface area (Å²) in [5, 5.41) is 3.50. The summed E-state index contributed by atoms with van der Waals surface area (Å²) >= 11 is 0. The Balaban J connectivity index is 3.25. The molecule has 0 aliphatic heterocycles. The molecule has 0 heterocycles. The molecule has 0 aromatic heterocycles. The van der Waals surface area contributed by atoms with E-state index < -0.39 is 0 Å². The number of likely N-dealkylation sites (N-methyl/N-ethyl adjacent to an activating group) is 1. The van der Waals surface area contributed by atoms with Gasteiger partial charge in [0.2, 0.25) is 0 Å². The molecule has 0 aromatic rings. The monoisotopic (exact) mass is 187 g/mol. The average Bonchev–Trinajstić information content (AvgIpc) is 2.00. The Morgan fingerprint density at radius 3 is 2.00 bits per heavy atom. The Kier molecular flexibility index (Phi) is 7.23. The largest absolute Gasteiger partial charge is 0.313 e. The van der Waals surface area contributed by atoms with Gasteiger partial charge >= 0.3 is 0 Å². The fourth-order valence-electron chi connectivity index (χ4n) is 1.09. The lowest BCUT2D eigenvalue weighted by atomic mass is 10.2. The zero-order valence-electron chi connectivity index (χ0n) is 9.80. The predicted molar refractivity (Wildman–Crippen MR) is 59.2 cm³/mol. The first kappa shape index (κ1) is 12.9. The first-order chi connectivity index (χ1) is 6.02. The molecule has 0 aliphatic rings. The molecule has 0 aromatic carbocycles. The number of nitrogens with one attached hydrogen (secondary N) is 1. The zero-order valence-corrected chi connectivity index (χ0v) is 9.80. The van der Waals surface area contributed by atoms with E-state index in [1.54, 1.807) is 0 Å². The van der Waals surface area contributed by atoms with Crippen molar-refractivity contribution in [2.24, 2.45) is 0 Å². The highest BCUT2D eigenvalue weighted by Crippen LogP contribution is 1.91. The van der Waals surface area contributed by atoms with Crippen LogP contribution in [0.2, 0.25) is 0 Å². The van der Waals surface area contributed by atoms with Crippen molar-refractivity contribution in [2.75, 3.05) is 47.8 Å². The molecule has 1 unspecified atom stereocenters. The summed E-state index contributed by atoms with van der Waals surface area (Å²) in [6.45, 7) is 5.61. The van der Waals surface area contributed by atoms with Crippen LogP contribution in [0, 0.1) is 0 Å². The van der Waals surface area contributed by atoms with Gasteiger partial charge in [-0.05, 0) is 48.1 Å². The fourth-order valence-corrected chi connectivity index (χ4v) is 1.09. The Bertz CT molecular complexity index is 113. The third-order valence-corrected chi connectivity index (χ3v) is 2.06. The van der Waals surface area contributed by atoms with Crippen LogP contribution in [0.15, 0.2) is 0 Å². The van der Waals surface area contributed by atoms with E-state index in [0.29, 0.717) is 6.04 Å². The SMILES string of the molecule is CC(CCN(C)C)NCCN(C)C. The summed E-state index contributed by atoms with van der Waals surface area (Å²) in [6.07, 6.45) is 1.22. The van der Waals surface area contributed by atoms with Crippen LogP contribution < -0.4 is 5.32 Å². The Hall–Kier alpha value is -0.120. The standard InChI is InChI=1S/C10H25N3/c1-10(6-8-12(2)3)11-7-9-13(4)5/h10-11H,6-9H2,1-5H3. The van der Waals surface area contributed by atoms with E-state index in [2.05, 4.69) is 50.2 Å². The molecule has 0 radical (unpaired) electrons. The number of hydrogen-bond acceptors (Lipinski definition) is 3. The van der Waals surface area contributed by atoms with Gasteiger partial charge in [-0.25, -0.2) is 0 Å². The summed E-state index contributed by atoms with van der Waals surface area (Å²) in [5.74, 6) is 0. The van der Waals surface area contributed by atoms with Crippen molar-refractivity contribution in [1.82, 2.24) is 15.1 Å². The minimum atomic E-state index is 0.627. The average molecular weight is 187 g/mol. The summed E-state index contributed by atoms with van der Waals surface area (Å²) in [4.78, 5) is 4.43. The molecule has 0 bridgehead atoms. The lowest BCUT2D eigenvalue weighted by molar-refractivity contribution is 0.348. The normalized spacial score (nSPS) is 14.1. The minimum absolute atomic E-state index is 0.627. The van der Waals surface area contributed by atoms with Gasteiger partial charge in [-0.2, -0.15) is 0 Å². The molecule has 80 valence electrons. The van der Waals surface area contributed by atoms with Gasteiger partial charge < -0.3 is 15.1 Å². The third kappa shape index (κ3) is 9.80. The summed E-state index contributed by atoms with van der Waals surface area (Å²) in [5.41, 5.74) is 0. The van der Waals surface area contributed by atoms with Crippen LogP contribution in [-0.4, -0.2) is 63.7 Å². The first-order valence-corrected chi connectivity index (χ1v) is 5.05. The van der Waals surface area contributed by atoms with E-state index in [1.165, 1.54) is 6.42 Å². The number of hydrogen-bond donors (Lipinski definition) is 1. The van der Waals surface area contributed by atoms with Crippen molar-refractivity contribution in [3.8, 4) is 0 Å². The summed E-state index contributed by atoms with van der Waals surface area (Å²) in [6, 6.07) is 0.627. The van der Waals surface area contributed by atoms with Crippen molar-refractivity contribution >= 4 is 0 Å². The summed E-state index contributed by atoms with van der Waals surface area (Å²) < 4.78 is 0. The third-order valence-electron chi connectivity index (χ3n) is 2.06. The van der Waals surface area contributed by atoms with Gasteiger partial charge in [-0.15, -0.1) is 0 Å². The van der Waals surface area contributed by atoms with Crippen LogP contribution in [0.4, 0.5) is 0 Å². The van der Waals surface area contributed by atoms with Crippen molar-refractivity contribution in [3.63, 3.8) is 0 Å². The molecule has 1 atom stereocenters. The van der Waals surface area contributed by atoms with Crippen molar-refractivity contribution in [2.45, 2.75) is 19.4 Å². The molecule has 13 heavy (non-hydrogen) atoms. The predicted octanol–water partition coefficient (Wildman–Crippen LogP) is 0.478. The number of rotatable bonds is 7. The van der Waals surface area contributed by atoms with Gasteiger partial charge in [0.25, 0.3) is 0 Å². The molecular formula is C10H25N3. The van der Waals surface area contributed by atoms with Gasteiger partial charge in [0.15, 0.2) is 0 Å². The van der Waals surface area contributed by atoms with Crippen molar-refractivity contribution in [3.05, 3.63) is 0 Å². The highest BCUT2D eigenvalue weighted by molar-refractivity contribution is 4.62. The molecule has 0 spiro atoms. The lowest BCUT2D eigenvalue weighted by Gasteiger charge is -2.18. The van der Waals surface area contributed by atoms with E-state index in [4.69, 9.17) is 0 Å². The van der Waals surface area contributed by atoms with Crippen molar-refractivity contribution < 1.29 is 0 Å². The second-order valence-corrected chi connectivity index (χ2v) is 4.25. The van der Waals surface area contributed by atoms with Crippen LogP contribution >= 0.6 is 0 Å². The fraction of sp³-hybridized carbons (Fsp3) is 1.00. The molecule has 0 amide bonds. The first-order valence-electron chi connectivity index (χ1n) is 5.05. The second kappa shape index (κ2) is 7.30. The van der Waals surface area contributed by atoms with Crippen LogP contribution in [0.3, 0.4) is 0 Å². The lowest BCUT2D eigenvalue weighted by Crippen LogP contribution is -2.34. The molecule has 3 heteroatoms. The topological polar surface area (TPSA) is 18.5 Å². The van der Waals surface area contributed by atoms with Gasteiger partial charge in [0.05, 0.1) is 0 Å². The van der Waals surface area contributed by atoms with Crippen LogP contribution in [0.1, 0.15) is 13.3 Å². The van der Waals surface area contributed by atoms with E-state index >= 15 is 0 Å². The van der Waals surface area contributed by atoms with E-state index in [0.717, 1.165) is 19.6 Å². The molecule has 0 saturated heterocycles. The maximum Gasteiger partial charge on any atom is 0.0101 e. The van der Waals surface area contributed by atoms with Gasteiger partial charge in [0, 0.05) is 19.1 Å². The van der Waals surface area contributed by atoms with Crippen LogP contribution in [0.5, 0.6) is 0 Å². The molecule has 1 N–H and O–H groups in total. The zero-order chi connectivity index (χ0) is 10.3. The summed E-state index contributed by atoms with van der Waals surface area (Å²) in [7, 11) is 8.44. The smallest absolute Gasteiger partial charge is 0.0101 e. The van der Waals surface area contributed by atoms with Gasteiger partial charge in [-0.3, -0.25) is 0 Å². The highest BCUT2D eigenvalue weighted by Gasteiger charge is 2.01. The second-order valence-electron chi connectivity index (χ2n) is 4.25. The van der Waals surface area contributed by atoms with E-state index in [1.807, 2.05) is 0 Å². The molecule has 0 fully saturated rings. The van der Waals surface area contributed by atoms with Crippen LogP contribution in [-0.2, 0) is 0 Å².